The first kappa shape index (κ1) is 20.6. The molecule has 0 saturated heterocycles. The molecule has 4 rings (SSSR count). The summed E-state index contributed by atoms with van der Waals surface area (Å²) in [4.78, 5) is 13.3. The van der Waals surface area contributed by atoms with Crippen LogP contribution in [0.25, 0.3) is 27.7 Å². The van der Waals surface area contributed by atoms with Gasteiger partial charge < -0.3 is 9.47 Å². The number of ether oxygens (including phenoxy) is 2. The summed E-state index contributed by atoms with van der Waals surface area (Å²) in [7, 11) is 3.01. The van der Waals surface area contributed by atoms with E-state index >= 15 is 0 Å². The molecule has 0 amide bonds. The molecular formula is C23H16Cl3NO3. The van der Waals surface area contributed by atoms with Gasteiger partial charge in [-0.25, -0.2) is 0 Å². The molecule has 0 bridgehead atoms. The molecule has 0 unspecified atom stereocenters. The molecule has 1 heterocycles. The maximum Gasteiger partial charge on any atom is 0.298 e. The molecule has 30 heavy (non-hydrogen) atoms. The molecule has 1 aromatic heterocycles. The first-order valence-corrected chi connectivity index (χ1v) is 10.1. The van der Waals surface area contributed by atoms with Gasteiger partial charge in [0.15, 0.2) is 5.75 Å². The summed E-state index contributed by atoms with van der Waals surface area (Å²) in [5, 5.41) is 1.97. The van der Waals surface area contributed by atoms with Crippen LogP contribution in [0.3, 0.4) is 0 Å². The maximum atomic E-state index is 13.3. The highest BCUT2D eigenvalue weighted by Crippen LogP contribution is 2.39. The highest BCUT2D eigenvalue weighted by molar-refractivity contribution is 6.38. The first-order valence-electron chi connectivity index (χ1n) is 8.97. The van der Waals surface area contributed by atoms with Gasteiger partial charge in [-0.3, -0.25) is 9.36 Å². The van der Waals surface area contributed by atoms with Crippen molar-refractivity contribution in [3.63, 3.8) is 0 Å². The summed E-state index contributed by atoms with van der Waals surface area (Å²) < 4.78 is 12.4. The zero-order valence-corrected chi connectivity index (χ0v) is 18.3. The minimum absolute atomic E-state index is 0.150. The summed E-state index contributed by atoms with van der Waals surface area (Å²) in [5.74, 6) is 0.705. The van der Waals surface area contributed by atoms with Crippen LogP contribution in [0.4, 0.5) is 0 Å². The average Bonchev–Trinajstić information content (AvgIpc) is 2.74. The van der Waals surface area contributed by atoms with Crippen molar-refractivity contribution in [2.75, 3.05) is 14.2 Å². The van der Waals surface area contributed by atoms with Crippen LogP contribution in [-0.4, -0.2) is 18.8 Å². The van der Waals surface area contributed by atoms with E-state index in [4.69, 9.17) is 44.3 Å². The number of rotatable bonds is 4. The quantitative estimate of drug-likeness (QED) is 0.343. The second-order valence-electron chi connectivity index (χ2n) is 6.51. The van der Waals surface area contributed by atoms with Crippen molar-refractivity contribution in [1.29, 1.82) is 0 Å². The summed E-state index contributed by atoms with van der Waals surface area (Å²) in [5.41, 5.74) is 2.11. The zero-order valence-electron chi connectivity index (χ0n) is 16.1. The van der Waals surface area contributed by atoms with Gasteiger partial charge in [0.1, 0.15) is 5.75 Å². The molecule has 7 heteroatoms. The number of fused-ring (bicyclic) bond motifs is 1. The SMILES string of the molecule is COc1cc(-c2ccccc2Cl)c2cc(OC)c(=O)n(-c3c(Cl)cccc3Cl)c2c1. The van der Waals surface area contributed by atoms with Crippen LogP contribution >= 0.6 is 34.8 Å². The van der Waals surface area contributed by atoms with E-state index in [0.29, 0.717) is 32.0 Å². The summed E-state index contributed by atoms with van der Waals surface area (Å²) >= 11 is 19.4. The fourth-order valence-corrected chi connectivity index (χ4v) is 4.26. The Kier molecular flexibility index (Phi) is 5.65. The molecule has 0 fully saturated rings. The Labute approximate surface area is 188 Å². The predicted molar refractivity (Wildman–Crippen MR) is 123 cm³/mol. The van der Waals surface area contributed by atoms with Crippen molar-refractivity contribution in [3.8, 4) is 28.3 Å². The van der Waals surface area contributed by atoms with E-state index in [-0.39, 0.29) is 5.75 Å². The van der Waals surface area contributed by atoms with Crippen LogP contribution in [0.2, 0.25) is 15.1 Å². The van der Waals surface area contributed by atoms with Gasteiger partial charge in [0, 0.05) is 22.0 Å². The third-order valence-electron chi connectivity index (χ3n) is 4.84. The number of halogens is 3. The van der Waals surface area contributed by atoms with Gasteiger partial charge in [-0.2, -0.15) is 0 Å². The predicted octanol–water partition coefficient (Wildman–Crippen LogP) is 6.64. The molecule has 0 aliphatic heterocycles. The van der Waals surface area contributed by atoms with Crippen molar-refractivity contribution in [2.24, 2.45) is 0 Å². The van der Waals surface area contributed by atoms with Crippen molar-refractivity contribution < 1.29 is 9.47 Å². The van der Waals surface area contributed by atoms with Gasteiger partial charge in [-0.05, 0) is 35.9 Å². The molecular weight excluding hydrogens is 445 g/mol. The number of pyridine rings is 1. The van der Waals surface area contributed by atoms with Crippen molar-refractivity contribution in [3.05, 3.63) is 86.1 Å². The number of para-hydroxylation sites is 1. The number of hydrogen-bond acceptors (Lipinski definition) is 3. The fourth-order valence-electron chi connectivity index (χ4n) is 3.45. The van der Waals surface area contributed by atoms with Crippen LogP contribution in [0.15, 0.2) is 65.5 Å². The van der Waals surface area contributed by atoms with Gasteiger partial charge >= 0.3 is 0 Å². The van der Waals surface area contributed by atoms with Crippen LogP contribution in [0, 0.1) is 0 Å². The summed E-state index contributed by atoms with van der Waals surface area (Å²) in [6.07, 6.45) is 0. The Balaban J connectivity index is 2.24. The van der Waals surface area contributed by atoms with Gasteiger partial charge in [0.25, 0.3) is 5.56 Å². The second-order valence-corrected chi connectivity index (χ2v) is 7.73. The molecule has 0 atom stereocenters. The maximum absolute atomic E-state index is 13.3. The van der Waals surface area contributed by atoms with E-state index in [1.165, 1.54) is 11.7 Å². The minimum Gasteiger partial charge on any atom is -0.497 e. The third kappa shape index (κ3) is 3.41. The average molecular weight is 461 g/mol. The lowest BCUT2D eigenvalue weighted by Gasteiger charge is -2.18. The van der Waals surface area contributed by atoms with Crippen molar-refractivity contribution in [1.82, 2.24) is 4.57 Å². The molecule has 4 nitrogen and oxygen atoms in total. The molecule has 0 aliphatic rings. The monoisotopic (exact) mass is 459 g/mol. The topological polar surface area (TPSA) is 40.5 Å². The van der Waals surface area contributed by atoms with E-state index in [9.17, 15) is 4.79 Å². The molecule has 0 aliphatic carbocycles. The lowest BCUT2D eigenvalue weighted by atomic mass is 9.99. The van der Waals surface area contributed by atoms with E-state index in [0.717, 1.165) is 16.5 Å². The van der Waals surface area contributed by atoms with Crippen LogP contribution in [0.1, 0.15) is 0 Å². The smallest absolute Gasteiger partial charge is 0.298 e. The molecule has 152 valence electrons. The third-order valence-corrected chi connectivity index (χ3v) is 5.78. The highest BCUT2D eigenvalue weighted by Gasteiger charge is 2.20. The van der Waals surface area contributed by atoms with Gasteiger partial charge in [0.05, 0.1) is 35.5 Å². The summed E-state index contributed by atoms with van der Waals surface area (Å²) in [6, 6.07) is 17.8. The van der Waals surface area contributed by atoms with E-state index < -0.39 is 5.56 Å². The molecule has 4 aromatic rings. The van der Waals surface area contributed by atoms with Gasteiger partial charge in [0.2, 0.25) is 0 Å². The molecule has 0 N–H and O–H groups in total. The number of benzene rings is 3. The fraction of sp³-hybridized carbons (Fsp3) is 0.0870. The standard InChI is InChI=1S/C23H16Cl3NO3/c1-29-13-10-15(14-6-3-4-7-17(14)24)16-12-21(30-2)23(28)27(20(16)11-13)22-18(25)8-5-9-19(22)26/h3-12H,1-2H3. The molecule has 0 saturated carbocycles. The zero-order chi connectivity index (χ0) is 21.4. The highest BCUT2D eigenvalue weighted by atomic mass is 35.5. The number of methoxy groups -OCH3 is 2. The van der Waals surface area contributed by atoms with Crippen LogP contribution in [-0.2, 0) is 0 Å². The van der Waals surface area contributed by atoms with E-state index in [1.54, 1.807) is 43.5 Å². The Bertz CT molecular complexity index is 1310. The molecule has 0 spiro atoms. The Morgan fingerprint density at radius 2 is 1.43 bits per heavy atom. The summed E-state index contributed by atoms with van der Waals surface area (Å²) in [6.45, 7) is 0. The Hall–Kier alpha value is -2.66. The molecule has 0 radical (unpaired) electrons. The van der Waals surface area contributed by atoms with Gasteiger partial charge in [-0.15, -0.1) is 0 Å². The molecule has 3 aromatic carbocycles. The Morgan fingerprint density at radius 3 is 2.07 bits per heavy atom. The number of hydrogen-bond donors (Lipinski definition) is 0. The van der Waals surface area contributed by atoms with Crippen LogP contribution < -0.4 is 15.0 Å². The lowest BCUT2D eigenvalue weighted by Crippen LogP contribution is -2.21. The largest absolute Gasteiger partial charge is 0.497 e. The minimum atomic E-state index is -0.390. The second kappa shape index (κ2) is 8.23. The van der Waals surface area contributed by atoms with Crippen molar-refractivity contribution in [2.45, 2.75) is 0 Å². The van der Waals surface area contributed by atoms with E-state index in [1.807, 2.05) is 24.3 Å². The number of aromatic nitrogens is 1. The van der Waals surface area contributed by atoms with E-state index in [2.05, 4.69) is 0 Å². The normalized spacial score (nSPS) is 11.0. The van der Waals surface area contributed by atoms with Crippen molar-refractivity contribution >= 4 is 45.7 Å². The number of nitrogens with zero attached hydrogens (tertiary/aromatic N) is 1. The lowest BCUT2D eigenvalue weighted by molar-refractivity contribution is 0.407. The first-order chi connectivity index (χ1) is 14.5. The Morgan fingerprint density at radius 1 is 0.767 bits per heavy atom. The van der Waals surface area contributed by atoms with Gasteiger partial charge in [-0.1, -0.05) is 59.1 Å². The van der Waals surface area contributed by atoms with Crippen LogP contribution in [0.5, 0.6) is 11.5 Å².